The number of nitrogens with one attached hydrogen (secondary N) is 1. The molecule has 0 aromatic heterocycles. The number of rotatable bonds is 5. The van der Waals surface area contributed by atoms with Gasteiger partial charge in [-0.25, -0.2) is 4.39 Å². The molecule has 2 aromatic carbocycles. The third-order valence-electron chi connectivity index (χ3n) is 2.76. The van der Waals surface area contributed by atoms with Crippen molar-refractivity contribution in [3.63, 3.8) is 0 Å². The van der Waals surface area contributed by atoms with Crippen LogP contribution in [0.15, 0.2) is 42.5 Å². The summed E-state index contributed by atoms with van der Waals surface area (Å²) in [5.74, 6) is 0.741. The first-order valence-electron chi connectivity index (χ1n) is 6.50. The lowest BCUT2D eigenvalue weighted by Gasteiger charge is -2.10. The lowest BCUT2D eigenvalue weighted by molar-refractivity contribution is 0.480. The maximum Gasteiger partial charge on any atom is 0.146 e. The average Bonchev–Trinajstić information content (AvgIpc) is 2.41. The van der Waals surface area contributed by atoms with Gasteiger partial charge in [0.05, 0.1) is 5.02 Å². The Labute approximate surface area is 123 Å². The van der Waals surface area contributed by atoms with E-state index in [1.54, 1.807) is 0 Å². The van der Waals surface area contributed by atoms with Gasteiger partial charge < -0.3 is 10.1 Å². The van der Waals surface area contributed by atoms with Gasteiger partial charge in [-0.05, 0) is 35.9 Å². The highest BCUT2D eigenvalue weighted by atomic mass is 35.5. The molecule has 0 radical (unpaired) electrons. The van der Waals surface area contributed by atoms with Gasteiger partial charge in [0.1, 0.15) is 17.3 Å². The summed E-state index contributed by atoms with van der Waals surface area (Å²) in [6.45, 7) is 5.03. The van der Waals surface area contributed by atoms with E-state index in [0.29, 0.717) is 17.5 Å². The van der Waals surface area contributed by atoms with Crippen LogP contribution in [0.2, 0.25) is 5.02 Å². The minimum Gasteiger partial charge on any atom is -0.456 e. The summed E-state index contributed by atoms with van der Waals surface area (Å²) in [4.78, 5) is 0. The normalized spacial score (nSPS) is 10.8. The van der Waals surface area contributed by atoms with E-state index in [4.69, 9.17) is 16.3 Å². The number of benzene rings is 2. The Kier molecular flexibility index (Phi) is 4.99. The highest BCUT2D eigenvalue weighted by Crippen LogP contribution is 2.29. The topological polar surface area (TPSA) is 21.3 Å². The van der Waals surface area contributed by atoms with Crippen LogP contribution in [-0.2, 0) is 6.54 Å². The third kappa shape index (κ3) is 4.22. The van der Waals surface area contributed by atoms with Crippen LogP contribution in [0, 0.1) is 5.82 Å². The number of halogens is 2. The molecule has 1 N–H and O–H groups in total. The van der Waals surface area contributed by atoms with Crippen molar-refractivity contribution in [1.29, 1.82) is 0 Å². The first-order chi connectivity index (χ1) is 9.54. The van der Waals surface area contributed by atoms with E-state index in [1.165, 1.54) is 23.8 Å². The molecule has 0 saturated carbocycles. The predicted octanol–water partition coefficient (Wildman–Crippen LogP) is 4.77. The number of ether oxygens (including phenoxy) is 1. The molecule has 2 nitrogen and oxygen atoms in total. The van der Waals surface area contributed by atoms with Crippen LogP contribution >= 0.6 is 11.6 Å². The standard InChI is InChI=1S/C16H17ClFNO/c1-11(2)19-10-12-3-6-14(7-4-12)20-16-8-5-13(18)9-15(16)17/h3-9,11,19H,10H2,1-2H3. The molecule has 0 fully saturated rings. The van der Waals surface area contributed by atoms with Crippen LogP contribution in [0.5, 0.6) is 11.5 Å². The summed E-state index contributed by atoms with van der Waals surface area (Å²) in [7, 11) is 0. The summed E-state index contributed by atoms with van der Waals surface area (Å²) in [5.41, 5.74) is 1.18. The van der Waals surface area contributed by atoms with E-state index >= 15 is 0 Å². The second-order valence-corrected chi connectivity index (χ2v) is 5.26. The molecule has 4 heteroatoms. The Morgan fingerprint density at radius 2 is 1.85 bits per heavy atom. The molecule has 106 valence electrons. The van der Waals surface area contributed by atoms with E-state index in [1.807, 2.05) is 24.3 Å². The van der Waals surface area contributed by atoms with Gasteiger partial charge in [0.25, 0.3) is 0 Å². The molecule has 0 aliphatic heterocycles. The van der Waals surface area contributed by atoms with Crippen molar-refractivity contribution in [3.8, 4) is 11.5 Å². The van der Waals surface area contributed by atoms with Gasteiger partial charge in [-0.2, -0.15) is 0 Å². The Morgan fingerprint density at radius 1 is 1.15 bits per heavy atom. The van der Waals surface area contributed by atoms with E-state index < -0.39 is 0 Å². The van der Waals surface area contributed by atoms with Crippen LogP contribution in [-0.4, -0.2) is 6.04 Å². The van der Waals surface area contributed by atoms with Gasteiger partial charge in [-0.15, -0.1) is 0 Å². The first-order valence-corrected chi connectivity index (χ1v) is 6.87. The molecule has 0 aliphatic rings. The summed E-state index contributed by atoms with van der Waals surface area (Å²) in [6.07, 6.45) is 0. The zero-order valence-electron chi connectivity index (χ0n) is 11.5. The van der Waals surface area contributed by atoms with Crippen LogP contribution in [0.1, 0.15) is 19.4 Å². The highest BCUT2D eigenvalue weighted by molar-refractivity contribution is 6.32. The minimum atomic E-state index is -0.377. The quantitative estimate of drug-likeness (QED) is 0.857. The van der Waals surface area contributed by atoms with Crippen molar-refractivity contribution >= 4 is 11.6 Å². The minimum absolute atomic E-state index is 0.260. The molecule has 0 saturated heterocycles. The monoisotopic (exact) mass is 293 g/mol. The summed E-state index contributed by atoms with van der Waals surface area (Å²) in [5, 5.41) is 3.60. The van der Waals surface area contributed by atoms with Gasteiger partial charge in [-0.1, -0.05) is 37.6 Å². The maximum atomic E-state index is 12.9. The van der Waals surface area contributed by atoms with Crippen LogP contribution in [0.25, 0.3) is 0 Å². The van der Waals surface area contributed by atoms with E-state index in [2.05, 4.69) is 19.2 Å². The maximum absolute atomic E-state index is 12.9. The van der Waals surface area contributed by atoms with Crippen molar-refractivity contribution in [2.45, 2.75) is 26.4 Å². The largest absolute Gasteiger partial charge is 0.456 e. The molecule has 0 unspecified atom stereocenters. The Balaban J connectivity index is 2.03. The van der Waals surface area contributed by atoms with E-state index in [9.17, 15) is 4.39 Å². The van der Waals surface area contributed by atoms with E-state index in [0.717, 1.165) is 6.54 Å². The van der Waals surface area contributed by atoms with Crippen LogP contribution in [0.3, 0.4) is 0 Å². The van der Waals surface area contributed by atoms with Crippen molar-refractivity contribution in [2.24, 2.45) is 0 Å². The predicted molar refractivity (Wildman–Crippen MR) is 79.9 cm³/mol. The molecule has 20 heavy (non-hydrogen) atoms. The van der Waals surface area contributed by atoms with Gasteiger partial charge in [-0.3, -0.25) is 0 Å². The van der Waals surface area contributed by atoms with Gasteiger partial charge in [0.15, 0.2) is 0 Å². The lowest BCUT2D eigenvalue weighted by atomic mass is 10.2. The fourth-order valence-corrected chi connectivity index (χ4v) is 1.89. The molecule has 2 rings (SSSR count). The molecular formula is C16H17ClFNO. The fourth-order valence-electron chi connectivity index (χ4n) is 1.68. The average molecular weight is 294 g/mol. The Bertz CT molecular complexity index is 569. The lowest BCUT2D eigenvalue weighted by Crippen LogP contribution is -2.21. The SMILES string of the molecule is CC(C)NCc1ccc(Oc2ccc(F)cc2Cl)cc1. The molecule has 0 atom stereocenters. The smallest absolute Gasteiger partial charge is 0.146 e. The van der Waals surface area contributed by atoms with E-state index in [-0.39, 0.29) is 10.8 Å². The summed E-state index contributed by atoms with van der Waals surface area (Å²) >= 11 is 5.92. The molecule has 0 amide bonds. The highest BCUT2D eigenvalue weighted by Gasteiger charge is 2.04. The van der Waals surface area contributed by atoms with Gasteiger partial charge >= 0.3 is 0 Å². The zero-order chi connectivity index (χ0) is 14.5. The van der Waals surface area contributed by atoms with Crippen LogP contribution < -0.4 is 10.1 Å². The van der Waals surface area contributed by atoms with Crippen molar-refractivity contribution in [3.05, 3.63) is 58.9 Å². The Morgan fingerprint density at radius 3 is 2.45 bits per heavy atom. The molecule has 0 bridgehead atoms. The van der Waals surface area contributed by atoms with Crippen molar-refractivity contribution in [2.75, 3.05) is 0 Å². The first kappa shape index (κ1) is 14.8. The Hall–Kier alpha value is -1.58. The third-order valence-corrected chi connectivity index (χ3v) is 3.05. The summed E-state index contributed by atoms with van der Waals surface area (Å²) in [6, 6.07) is 12.2. The van der Waals surface area contributed by atoms with Crippen LogP contribution in [0.4, 0.5) is 4.39 Å². The molecule has 2 aromatic rings. The van der Waals surface area contributed by atoms with Crippen molar-refractivity contribution in [1.82, 2.24) is 5.32 Å². The second kappa shape index (κ2) is 6.73. The molecular weight excluding hydrogens is 277 g/mol. The van der Waals surface area contributed by atoms with Gasteiger partial charge in [0, 0.05) is 12.6 Å². The van der Waals surface area contributed by atoms with Gasteiger partial charge in [0.2, 0.25) is 0 Å². The molecule has 0 spiro atoms. The fraction of sp³-hybridized carbons (Fsp3) is 0.250. The molecule has 0 aliphatic carbocycles. The summed E-state index contributed by atoms with van der Waals surface area (Å²) < 4.78 is 18.6. The number of hydrogen-bond acceptors (Lipinski definition) is 2. The number of hydrogen-bond donors (Lipinski definition) is 1. The zero-order valence-corrected chi connectivity index (χ0v) is 12.2. The van der Waals surface area contributed by atoms with Crippen molar-refractivity contribution < 1.29 is 9.13 Å². The molecule has 0 heterocycles. The second-order valence-electron chi connectivity index (χ2n) is 4.86.